The summed E-state index contributed by atoms with van der Waals surface area (Å²) in [7, 11) is 0. The van der Waals surface area contributed by atoms with Crippen molar-refractivity contribution < 1.29 is 22.7 Å². The van der Waals surface area contributed by atoms with E-state index >= 15 is 0 Å². The zero-order valence-electron chi connectivity index (χ0n) is 13.5. The van der Waals surface area contributed by atoms with Crippen LogP contribution >= 0.6 is 24.8 Å². The number of hydrogen-bond donors (Lipinski definition) is 2. The molecule has 1 aliphatic rings. The minimum Gasteiger partial charge on any atom is -0.468 e. The summed E-state index contributed by atoms with van der Waals surface area (Å²) in [5.74, 6) is -0.428. The number of hydrogen-bond acceptors (Lipinski definition) is 4. The first-order valence-electron chi connectivity index (χ1n) is 7.51. The van der Waals surface area contributed by atoms with E-state index in [4.69, 9.17) is 5.73 Å². The number of rotatable bonds is 5. The molecule has 144 valence electrons. The second-order valence-electron chi connectivity index (χ2n) is 5.77. The van der Waals surface area contributed by atoms with Gasteiger partial charge in [0.2, 0.25) is 11.8 Å². The second-order valence-corrected chi connectivity index (χ2v) is 5.77. The first-order valence-corrected chi connectivity index (χ1v) is 7.51. The number of carbonyl (C=O) groups is 1. The summed E-state index contributed by atoms with van der Waals surface area (Å²) in [5.41, 5.74) is 5.60. The van der Waals surface area contributed by atoms with E-state index in [-0.39, 0.29) is 43.1 Å². The fraction of sp³-hybridized carbons (Fsp3) is 0.600. The van der Waals surface area contributed by atoms with E-state index in [2.05, 4.69) is 15.0 Å². The van der Waals surface area contributed by atoms with Gasteiger partial charge in [0.25, 0.3) is 0 Å². The highest BCUT2D eigenvalue weighted by atomic mass is 35.5. The summed E-state index contributed by atoms with van der Waals surface area (Å²) in [6, 6.07) is 3.13. The van der Waals surface area contributed by atoms with E-state index in [9.17, 15) is 18.0 Å². The monoisotopic (exact) mass is 403 g/mol. The Hall–Kier alpha value is -1.25. The molecular weight excluding hydrogens is 382 g/mol. The summed E-state index contributed by atoms with van der Waals surface area (Å²) >= 11 is 0. The van der Waals surface area contributed by atoms with E-state index in [0.717, 1.165) is 19.3 Å². The molecule has 0 bridgehead atoms. The molecule has 0 aliphatic heterocycles. The van der Waals surface area contributed by atoms with Gasteiger partial charge in [0.05, 0.1) is 5.54 Å². The largest absolute Gasteiger partial charge is 0.468 e. The van der Waals surface area contributed by atoms with Crippen LogP contribution in [-0.2, 0) is 11.3 Å². The zero-order chi connectivity index (χ0) is 16.9. The lowest BCUT2D eigenvalue weighted by Gasteiger charge is -2.31. The van der Waals surface area contributed by atoms with Crippen molar-refractivity contribution in [3.05, 3.63) is 23.9 Å². The van der Waals surface area contributed by atoms with Gasteiger partial charge in [0.1, 0.15) is 0 Å². The Labute approximate surface area is 156 Å². The van der Waals surface area contributed by atoms with Crippen molar-refractivity contribution in [2.45, 2.75) is 50.4 Å². The van der Waals surface area contributed by atoms with E-state index < -0.39 is 18.3 Å². The molecule has 10 heteroatoms. The Morgan fingerprint density at radius 2 is 1.92 bits per heavy atom. The van der Waals surface area contributed by atoms with E-state index in [1.807, 2.05) is 0 Å². The number of nitrogens with one attached hydrogen (secondary N) is 1. The summed E-state index contributed by atoms with van der Waals surface area (Å²) in [4.78, 5) is 16.0. The fourth-order valence-electron chi connectivity index (χ4n) is 2.60. The van der Waals surface area contributed by atoms with Gasteiger partial charge in [-0.15, -0.1) is 24.8 Å². The van der Waals surface area contributed by atoms with Crippen molar-refractivity contribution >= 4 is 30.7 Å². The molecule has 0 atom stereocenters. The van der Waals surface area contributed by atoms with Crippen LogP contribution in [0.1, 0.15) is 37.7 Å². The van der Waals surface area contributed by atoms with Gasteiger partial charge >= 0.3 is 6.18 Å². The van der Waals surface area contributed by atoms with Crippen LogP contribution in [0.25, 0.3) is 0 Å². The zero-order valence-corrected chi connectivity index (χ0v) is 15.1. The molecule has 1 aliphatic carbocycles. The number of amides is 1. The van der Waals surface area contributed by atoms with Gasteiger partial charge in [-0.25, -0.2) is 4.98 Å². The highest BCUT2D eigenvalue weighted by molar-refractivity contribution is 5.86. The van der Waals surface area contributed by atoms with Gasteiger partial charge < -0.3 is 15.8 Å². The Kier molecular flexibility index (Phi) is 9.53. The van der Waals surface area contributed by atoms with Crippen molar-refractivity contribution in [2.75, 3.05) is 6.61 Å². The Morgan fingerprint density at radius 1 is 1.28 bits per heavy atom. The quantitative estimate of drug-likeness (QED) is 0.791. The highest BCUT2D eigenvalue weighted by Crippen LogP contribution is 2.26. The van der Waals surface area contributed by atoms with Crippen molar-refractivity contribution in [3.63, 3.8) is 0 Å². The first-order chi connectivity index (χ1) is 10.8. The van der Waals surface area contributed by atoms with Gasteiger partial charge in [-0.1, -0.05) is 25.3 Å². The number of alkyl halides is 3. The van der Waals surface area contributed by atoms with Crippen molar-refractivity contribution in [3.8, 4) is 5.88 Å². The number of halogens is 5. The molecule has 1 heterocycles. The second kappa shape index (κ2) is 10.0. The molecule has 1 saturated carbocycles. The molecular formula is C15H22Cl2F3N3O2. The van der Waals surface area contributed by atoms with E-state index in [1.165, 1.54) is 6.20 Å². The third kappa shape index (κ3) is 7.25. The summed E-state index contributed by atoms with van der Waals surface area (Å²) < 4.78 is 41.4. The molecule has 1 aromatic heterocycles. The maximum Gasteiger partial charge on any atom is 0.422 e. The Balaban J connectivity index is 0.00000288. The molecule has 0 saturated heterocycles. The van der Waals surface area contributed by atoms with E-state index in [0.29, 0.717) is 18.4 Å². The van der Waals surface area contributed by atoms with Gasteiger partial charge in [0, 0.05) is 18.3 Å². The van der Waals surface area contributed by atoms with Crippen molar-refractivity contribution in [1.29, 1.82) is 0 Å². The maximum absolute atomic E-state index is 12.2. The van der Waals surface area contributed by atoms with Crippen molar-refractivity contribution in [1.82, 2.24) is 10.3 Å². The predicted molar refractivity (Wildman–Crippen MR) is 92.1 cm³/mol. The number of aromatic nitrogens is 1. The van der Waals surface area contributed by atoms with Crippen molar-refractivity contribution in [2.24, 2.45) is 5.73 Å². The molecule has 3 N–H and O–H groups in total. The standard InChI is InChI=1S/C15H20F3N3O2.2ClH/c16-15(17,18)10-23-12-11(5-4-8-20-12)9-21-13(22)14(19)6-2-1-3-7-14;;/h4-5,8H,1-3,6-7,9-10,19H2,(H,21,22);2*1H. The van der Waals surface area contributed by atoms with Crippen LogP contribution in [0.2, 0.25) is 0 Å². The van der Waals surface area contributed by atoms with Gasteiger partial charge in [-0.2, -0.15) is 13.2 Å². The average Bonchev–Trinajstić information content (AvgIpc) is 2.51. The highest BCUT2D eigenvalue weighted by Gasteiger charge is 2.35. The molecule has 0 unspecified atom stereocenters. The van der Waals surface area contributed by atoms with Crippen LogP contribution in [0.15, 0.2) is 18.3 Å². The van der Waals surface area contributed by atoms with Crippen LogP contribution in [0.4, 0.5) is 13.2 Å². The van der Waals surface area contributed by atoms with Gasteiger partial charge in [0.15, 0.2) is 6.61 Å². The molecule has 1 aromatic rings. The molecule has 5 nitrogen and oxygen atoms in total. The van der Waals surface area contributed by atoms with Crippen LogP contribution in [0, 0.1) is 0 Å². The third-order valence-electron chi connectivity index (χ3n) is 3.86. The third-order valence-corrected chi connectivity index (χ3v) is 3.86. The van der Waals surface area contributed by atoms with Crippen LogP contribution < -0.4 is 15.8 Å². The number of carbonyl (C=O) groups excluding carboxylic acids is 1. The van der Waals surface area contributed by atoms with Crippen LogP contribution in [-0.4, -0.2) is 29.2 Å². The Bertz CT molecular complexity index is 553. The summed E-state index contributed by atoms with van der Waals surface area (Å²) in [5, 5.41) is 2.68. The van der Waals surface area contributed by atoms with Crippen LogP contribution in [0.3, 0.4) is 0 Å². The number of nitrogens with two attached hydrogens (primary N) is 1. The van der Waals surface area contributed by atoms with Crippen LogP contribution in [0.5, 0.6) is 5.88 Å². The molecule has 1 amide bonds. The smallest absolute Gasteiger partial charge is 0.422 e. The number of ether oxygens (including phenoxy) is 1. The SMILES string of the molecule is Cl.Cl.NC1(C(=O)NCc2cccnc2OCC(F)(F)F)CCCCC1. The minimum atomic E-state index is -4.44. The predicted octanol–water partition coefficient (Wildman–Crippen LogP) is 3.14. The average molecular weight is 404 g/mol. The molecule has 25 heavy (non-hydrogen) atoms. The lowest BCUT2D eigenvalue weighted by molar-refractivity contribution is -0.154. The molecule has 2 rings (SSSR count). The lowest BCUT2D eigenvalue weighted by Crippen LogP contribution is -2.54. The molecule has 0 spiro atoms. The van der Waals surface area contributed by atoms with E-state index in [1.54, 1.807) is 12.1 Å². The topological polar surface area (TPSA) is 77.2 Å². The minimum absolute atomic E-state index is 0. The number of nitrogens with zero attached hydrogens (tertiary/aromatic N) is 1. The Morgan fingerprint density at radius 3 is 2.52 bits per heavy atom. The lowest BCUT2D eigenvalue weighted by atomic mass is 9.82. The first kappa shape index (κ1) is 23.8. The fourth-order valence-corrected chi connectivity index (χ4v) is 2.60. The summed E-state index contributed by atoms with van der Waals surface area (Å²) in [6.45, 7) is -1.40. The number of pyridine rings is 1. The van der Waals surface area contributed by atoms with Gasteiger partial charge in [-0.05, 0) is 18.9 Å². The maximum atomic E-state index is 12.2. The summed E-state index contributed by atoms with van der Waals surface area (Å²) in [6.07, 6.45) is 0.981. The molecule has 1 fully saturated rings. The molecule has 0 aromatic carbocycles. The van der Waals surface area contributed by atoms with Gasteiger partial charge in [-0.3, -0.25) is 4.79 Å². The normalized spacial score (nSPS) is 16.2. The molecule has 0 radical (unpaired) electrons.